The summed E-state index contributed by atoms with van der Waals surface area (Å²) in [7, 11) is -2.14. The normalized spacial score (nSPS) is 15.5. The molecule has 1 saturated heterocycles. The first kappa shape index (κ1) is 24.6. The predicted octanol–water partition coefficient (Wildman–Crippen LogP) is 5.37. The third-order valence-electron chi connectivity index (χ3n) is 6.58. The minimum Gasteiger partial charge on any atom is -0.469 e. The molecule has 0 bridgehead atoms. The van der Waals surface area contributed by atoms with Crippen molar-refractivity contribution in [1.29, 1.82) is 0 Å². The highest BCUT2D eigenvalue weighted by Crippen LogP contribution is 2.38. The Labute approximate surface area is 204 Å². The molecule has 0 radical (unpaired) electrons. The number of rotatable bonds is 6. The van der Waals surface area contributed by atoms with Gasteiger partial charge < -0.3 is 4.74 Å². The number of esters is 1. The molecule has 0 amide bonds. The smallest absolute Gasteiger partial charge is 0.309 e. The van der Waals surface area contributed by atoms with Gasteiger partial charge in [0.1, 0.15) is 5.82 Å². The number of hydrogen-bond donors (Lipinski definition) is 0. The van der Waals surface area contributed by atoms with Gasteiger partial charge in [-0.3, -0.25) is 4.79 Å². The van der Waals surface area contributed by atoms with E-state index in [2.05, 4.69) is 0 Å². The Hall–Kier alpha value is -2.48. The topological polar surface area (TPSA) is 63.7 Å². The van der Waals surface area contributed by atoms with Crippen molar-refractivity contribution in [1.82, 2.24) is 4.31 Å². The van der Waals surface area contributed by atoms with E-state index < -0.39 is 10.0 Å². The molecule has 0 spiro atoms. The highest BCUT2D eigenvalue weighted by molar-refractivity contribution is 7.88. The van der Waals surface area contributed by atoms with Crippen LogP contribution in [0.25, 0.3) is 10.8 Å². The largest absolute Gasteiger partial charge is 0.469 e. The Morgan fingerprint density at radius 1 is 1.15 bits per heavy atom. The van der Waals surface area contributed by atoms with Crippen LogP contribution in [0, 0.1) is 12.7 Å². The van der Waals surface area contributed by atoms with Gasteiger partial charge in [0.15, 0.2) is 0 Å². The number of halogens is 2. The number of methoxy groups -OCH3 is 1. The number of sulfonamides is 1. The van der Waals surface area contributed by atoms with Crippen LogP contribution in [-0.4, -0.2) is 38.9 Å². The number of carbonyl (C=O) groups excluding carboxylic acids is 1. The molecule has 0 aliphatic carbocycles. The van der Waals surface area contributed by atoms with Crippen LogP contribution in [0.5, 0.6) is 0 Å². The number of hydrogen-bond acceptors (Lipinski definition) is 4. The van der Waals surface area contributed by atoms with Crippen LogP contribution in [-0.2, 0) is 31.7 Å². The van der Waals surface area contributed by atoms with Gasteiger partial charge in [-0.2, -0.15) is 0 Å². The lowest BCUT2D eigenvalue weighted by atomic mass is 9.82. The van der Waals surface area contributed by atoms with Crippen molar-refractivity contribution in [3.63, 3.8) is 0 Å². The summed E-state index contributed by atoms with van der Waals surface area (Å²) in [5.74, 6) is -0.702. The summed E-state index contributed by atoms with van der Waals surface area (Å²) in [6.45, 7) is 2.70. The molecule has 1 heterocycles. The molecule has 0 unspecified atom stereocenters. The maximum absolute atomic E-state index is 14.2. The Morgan fingerprint density at radius 3 is 2.56 bits per heavy atom. The highest BCUT2D eigenvalue weighted by atomic mass is 35.5. The molecule has 0 atom stereocenters. The second-order valence-corrected chi connectivity index (χ2v) is 11.2. The van der Waals surface area contributed by atoms with Crippen LogP contribution in [0.4, 0.5) is 4.39 Å². The van der Waals surface area contributed by atoms with Crippen LogP contribution in [0.2, 0.25) is 5.02 Å². The fourth-order valence-corrected chi connectivity index (χ4v) is 6.61. The van der Waals surface area contributed by atoms with Crippen LogP contribution >= 0.6 is 11.6 Å². The minimum atomic E-state index is -3.49. The van der Waals surface area contributed by atoms with Crippen molar-refractivity contribution in [2.45, 2.75) is 37.9 Å². The molecular weight excluding hydrogens is 477 g/mol. The van der Waals surface area contributed by atoms with Crippen molar-refractivity contribution in [3.05, 3.63) is 81.6 Å². The SMILES string of the molecule is COC(=O)Cc1cc2ccc(F)cc2c(C2CCN(S(=O)(=O)Cc3cccc(Cl)c3)CC2)c1C. The van der Waals surface area contributed by atoms with Crippen LogP contribution < -0.4 is 0 Å². The molecule has 1 fully saturated rings. The number of piperidine rings is 1. The lowest BCUT2D eigenvalue weighted by Crippen LogP contribution is -2.38. The van der Waals surface area contributed by atoms with Crippen molar-refractivity contribution in [2.75, 3.05) is 20.2 Å². The monoisotopic (exact) mass is 503 g/mol. The quantitative estimate of drug-likeness (QED) is 0.424. The Kier molecular flexibility index (Phi) is 7.26. The lowest BCUT2D eigenvalue weighted by molar-refractivity contribution is -0.139. The van der Waals surface area contributed by atoms with Gasteiger partial charge in [0.05, 0.1) is 19.3 Å². The maximum atomic E-state index is 14.2. The van der Waals surface area contributed by atoms with Crippen molar-refractivity contribution < 1.29 is 22.3 Å². The van der Waals surface area contributed by atoms with E-state index in [4.69, 9.17) is 16.3 Å². The summed E-state index contributed by atoms with van der Waals surface area (Å²) in [5, 5.41) is 2.18. The molecule has 0 saturated carbocycles. The van der Waals surface area contributed by atoms with Crippen molar-refractivity contribution in [2.24, 2.45) is 0 Å². The predicted molar refractivity (Wildman–Crippen MR) is 132 cm³/mol. The van der Waals surface area contributed by atoms with Gasteiger partial charge in [0.2, 0.25) is 10.0 Å². The maximum Gasteiger partial charge on any atom is 0.309 e. The van der Waals surface area contributed by atoms with Gasteiger partial charge in [-0.1, -0.05) is 35.9 Å². The van der Waals surface area contributed by atoms with E-state index in [1.54, 1.807) is 30.3 Å². The number of carbonyl (C=O) groups is 1. The van der Waals surface area contributed by atoms with Crippen LogP contribution in [0.15, 0.2) is 48.5 Å². The summed E-state index contributed by atoms with van der Waals surface area (Å²) < 4.78 is 46.6. The summed E-state index contributed by atoms with van der Waals surface area (Å²) in [6.07, 6.45) is 1.36. The van der Waals surface area contributed by atoms with E-state index >= 15 is 0 Å². The van der Waals surface area contributed by atoms with E-state index in [0.29, 0.717) is 36.5 Å². The molecule has 0 N–H and O–H groups in total. The fraction of sp³-hybridized carbons (Fsp3) is 0.346. The summed E-state index contributed by atoms with van der Waals surface area (Å²) >= 11 is 6.01. The third kappa shape index (κ3) is 5.27. The van der Waals surface area contributed by atoms with Gasteiger partial charge in [-0.15, -0.1) is 0 Å². The Morgan fingerprint density at radius 2 is 1.88 bits per heavy atom. The van der Waals surface area contributed by atoms with Gasteiger partial charge in [0.25, 0.3) is 0 Å². The first-order valence-corrected chi connectivity index (χ1v) is 13.2. The zero-order valence-electron chi connectivity index (χ0n) is 19.2. The number of fused-ring (bicyclic) bond motifs is 1. The Balaban J connectivity index is 1.60. The highest BCUT2D eigenvalue weighted by Gasteiger charge is 2.31. The molecule has 180 valence electrons. The number of ether oxygens (including phenoxy) is 1. The van der Waals surface area contributed by atoms with Crippen LogP contribution in [0.1, 0.15) is 41.0 Å². The average molecular weight is 504 g/mol. The second kappa shape index (κ2) is 10.0. The van der Waals surface area contributed by atoms with E-state index in [-0.39, 0.29) is 29.9 Å². The van der Waals surface area contributed by atoms with Crippen LogP contribution in [0.3, 0.4) is 0 Å². The average Bonchev–Trinajstić information content (AvgIpc) is 2.79. The first-order valence-electron chi connectivity index (χ1n) is 11.2. The van der Waals surface area contributed by atoms with Gasteiger partial charge in [0, 0.05) is 18.1 Å². The summed E-state index contributed by atoms with van der Waals surface area (Å²) in [5.41, 5.74) is 3.42. The minimum absolute atomic E-state index is 0.0551. The molecule has 3 aromatic carbocycles. The fourth-order valence-electron chi connectivity index (χ4n) is 4.85. The van der Waals surface area contributed by atoms with Crippen molar-refractivity contribution in [3.8, 4) is 0 Å². The van der Waals surface area contributed by atoms with Gasteiger partial charge >= 0.3 is 5.97 Å². The van der Waals surface area contributed by atoms with Gasteiger partial charge in [-0.25, -0.2) is 17.1 Å². The summed E-state index contributed by atoms with van der Waals surface area (Å²) in [4.78, 5) is 12.0. The van der Waals surface area contributed by atoms with Gasteiger partial charge in [-0.05, 0) is 83.0 Å². The number of nitrogens with zero attached hydrogens (tertiary/aromatic N) is 1. The molecule has 4 rings (SSSR count). The molecule has 3 aromatic rings. The number of benzene rings is 3. The first-order chi connectivity index (χ1) is 16.2. The Bertz CT molecular complexity index is 1330. The molecule has 1 aliphatic heterocycles. The molecule has 34 heavy (non-hydrogen) atoms. The summed E-state index contributed by atoms with van der Waals surface area (Å²) in [6, 6.07) is 13.5. The molecule has 0 aromatic heterocycles. The molecule has 8 heteroatoms. The van der Waals surface area contributed by atoms with E-state index in [1.807, 2.05) is 13.0 Å². The zero-order valence-corrected chi connectivity index (χ0v) is 20.8. The molecule has 1 aliphatic rings. The second-order valence-electron chi connectivity index (χ2n) is 8.75. The standard InChI is InChI=1S/C26H27ClFNO4S/c1-17-21(14-25(30)33-2)13-20-6-7-23(28)15-24(20)26(17)19-8-10-29(11-9-19)34(31,32)16-18-4-3-5-22(27)12-18/h3-7,12-13,15,19H,8-11,14,16H2,1-2H3. The lowest BCUT2D eigenvalue weighted by Gasteiger charge is -2.33. The van der Waals surface area contributed by atoms with Crippen molar-refractivity contribution >= 4 is 38.4 Å². The van der Waals surface area contributed by atoms with E-state index in [1.165, 1.54) is 23.5 Å². The third-order valence-corrected chi connectivity index (χ3v) is 8.66. The zero-order chi connectivity index (χ0) is 24.5. The molecule has 5 nitrogen and oxygen atoms in total. The molecular formula is C26H27ClFNO4S. The van der Waals surface area contributed by atoms with E-state index in [9.17, 15) is 17.6 Å². The van der Waals surface area contributed by atoms with E-state index in [0.717, 1.165) is 27.5 Å².